The van der Waals surface area contributed by atoms with Crippen LogP contribution in [-0.4, -0.2) is 46.5 Å². The first kappa shape index (κ1) is 15.9. The summed E-state index contributed by atoms with van der Waals surface area (Å²) in [6.45, 7) is 3.03. The van der Waals surface area contributed by atoms with Gasteiger partial charge in [0, 0.05) is 31.5 Å². The number of carbonyl (C=O) groups is 1. The molecule has 2 heterocycles. The van der Waals surface area contributed by atoms with Crippen molar-refractivity contribution in [3.63, 3.8) is 0 Å². The van der Waals surface area contributed by atoms with Gasteiger partial charge in [-0.05, 0) is 13.0 Å². The van der Waals surface area contributed by atoms with Crippen LogP contribution in [0.2, 0.25) is 0 Å². The van der Waals surface area contributed by atoms with Gasteiger partial charge in [-0.25, -0.2) is 4.98 Å². The molecule has 2 aromatic heterocycles. The van der Waals surface area contributed by atoms with Crippen LogP contribution in [0, 0.1) is 0 Å². The Balaban J connectivity index is 2.06. The summed E-state index contributed by atoms with van der Waals surface area (Å²) in [6.07, 6.45) is 3.14. The Bertz CT molecular complexity index is 628. The van der Waals surface area contributed by atoms with Crippen LogP contribution in [0.1, 0.15) is 29.1 Å². The summed E-state index contributed by atoms with van der Waals surface area (Å²) in [5, 5.41) is 10.8. The largest absolute Gasteiger partial charge is 0.481 e. The van der Waals surface area contributed by atoms with E-state index in [4.69, 9.17) is 9.47 Å². The summed E-state index contributed by atoms with van der Waals surface area (Å²) in [7, 11) is 3.14. The molecule has 8 heteroatoms. The van der Waals surface area contributed by atoms with E-state index in [-0.39, 0.29) is 11.9 Å². The van der Waals surface area contributed by atoms with E-state index >= 15 is 0 Å². The molecular formula is C14H19N5O3. The van der Waals surface area contributed by atoms with Crippen molar-refractivity contribution in [3.8, 4) is 5.88 Å². The van der Waals surface area contributed by atoms with E-state index in [1.54, 1.807) is 25.6 Å². The first-order chi connectivity index (χ1) is 10.7. The topological polar surface area (TPSA) is 91.2 Å². The number of pyridine rings is 1. The van der Waals surface area contributed by atoms with Crippen LogP contribution < -0.4 is 10.1 Å². The molecule has 0 fully saturated rings. The highest BCUT2D eigenvalue weighted by Crippen LogP contribution is 2.12. The molecule has 1 atom stereocenters. The summed E-state index contributed by atoms with van der Waals surface area (Å²) in [4.78, 5) is 16.2. The van der Waals surface area contributed by atoms with Crippen molar-refractivity contribution < 1.29 is 14.3 Å². The molecule has 0 radical (unpaired) electrons. The van der Waals surface area contributed by atoms with Gasteiger partial charge < -0.3 is 19.4 Å². The number of hydrogen-bond acceptors (Lipinski definition) is 6. The van der Waals surface area contributed by atoms with Gasteiger partial charge >= 0.3 is 0 Å². The molecular weight excluding hydrogens is 286 g/mol. The maximum absolute atomic E-state index is 12.3. The molecule has 0 aromatic carbocycles. The number of rotatable bonds is 7. The molecule has 1 N–H and O–H groups in total. The fourth-order valence-electron chi connectivity index (χ4n) is 1.97. The smallest absolute Gasteiger partial charge is 0.252 e. The molecule has 0 bridgehead atoms. The zero-order chi connectivity index (χ0) is 15.9. The molecule has 1 amide bonds. The van der Waals surface area contributed by atoms with Gasteiger partial charge in [-0.1, -0.05) is 0 Å². The summed E-state index contributed by atoms with van der Waals surface area (Å²) >= 11 is 0. The van der Waals surface area contributed by atoms with E-state index in [1.807, 2.05) is 11.5 Å². The van der Waals surface area contributed by atoms with E-state index in [2.05, 4.69) is 20.5 Å². The van der Waals surface area contributed by atoms with Crippen LogP contribution in [-0.2, 0) is 11.3 Å². The van der Waals surface area contributed by atoms with Crippen molar-refractivity contribution in [2.75, 3.05) is 20.8 Å². The van der Waals surface area contributed by atoms with E-state index in [9.17, 15) is 4.79 Å². The number of methoxy groups -OCH3 is 2. The van der Waals surface area contributed by atoms with Gasteiger partial charge in [0.25, 0.3) is 5.91 Å². The van der Waals surface area contributed by atoms with Crippen LogP contribution in [0.3, 0.4) is 0 Å². The Hall–Kier alpha value is -2.48. The molecule has 2 rings (SSSR count). The van der Waals surface area contributed by atoms with Crippen LogP contribution in [0.4, 0.5) is 0 Å². The summed E-state index contributed by atoms with van der Waals surface area (Å²) in [5.74, 6) is 0.837. The second-order valence-electron chi connectivity index (χ2n) is 4.66. The average molecular weight is 305 g/mol. The molecule has 22 heavy (non-hydrogen) atoms. The third kappa shape index (κ3) is 3.79. The van der Waals surface area contributed by atoms with Gasteiger partial charge in [0.1, 0.15) is 6.33 Å². The van der Waals surface area contributed by atoms with Gasteiger partial charge in [0.15, 0.2) is 5.82 Å². The average Bonchev–Trinajstić information content (AvgIpc) is 3.01. The lowest BCUT2D eigenvalue weighted by Gasteiger charge is -2.15. The minimum absolute atomic E-state index is 0.227. The maximum Gasteiger partial charge on any atom is 0.252 e. The number of ether oxygens (including phenoxy) is 2. The number of carbonyl (C=O) groups excluding carboxylic acids is 1. The molecule has 0 aliphatic carbocycles. The predicted octanol–water partition coefficient (Wildman–Crippen LogP) is 0.819. The normalized spacial score (nSPS) is 12.0. The second-order valence-corrected chi connectivity index (χ2v) is 4.66. The zero-order valence-corrected chi connectivity index (χ0v) is 12.8. The maximum atomic E-state index is 12.3. The van der Waals surface area contributed by atoms with Gasteiger partial charge in [-0.2, -0.15) is 0 Å². The third-order valence-electron chi connectivity index (χ3n) is 3.12. The van der Waals surface area contributed by atoms with Crippen molar-refractivity contribution in [3.05, 3.63) is 36.0 Å². The Labute approximate surface area is 128 Å². The number of nitrogens with zero attached hydrogens (tertiary/aromatic N) is 4. The van der Waals surface area contributed by atoms with Crippen LogP contribution in [0.25, 0.3) is 0 Å². The predicted molar refractivity (Wildman–Crippen MR) is 78.6 cm³/mol. The lowest BCUT2D eigenvalue weighted by atomic mass is 10.2. The van der Waals surface area contributed by atoms with Crippen LogP contribution >= 0.6 is 0 Å². The number of amides is 1. The van der Waals surface area contributed by atoms with Crippen LogP contribution in [0.15, 0.2) is 24.7 Å². The van der Waals surface area contributed by atoms with Gasteiger partial charge in [-0.15, -0.1) is 10.2 Å². The quantitative estimate of drug-likeness (QED) is 0.814. The first-order valence-corrected chi connectivity index (χ1v) is 6.83. The highest BCUT2D eigenvalue weighted by Gasteiger charge is 2.17. The molecule has 0 spiro atoms. The number of hydrogen-bond donors (Lipinski definition) is 1. The van der Waals surface area contributed by atoms with E-state index in [0.29, 0.717) is 30.4 Å². The minimum atomic E-state index is -0.286. The summed E-state index contributed by atoms with van der Waals surface area (Å²) in [5.41, 5.74) is 0.474. The molecule has 0 saturated carbocycles. The Morgan fingerprint density at radius 2 is 2.27 bits per heavy atom. The Morgan fingerprint density at radius 3 is 3.00 bits per heavy atom. The molecule has 118 valence electrons. The van der Waals surface area contributed by atoms with Gasteiger partial charge in [0.05, 0.1) is 19.8 Å². The fourth-order valence-corrected chi connectivity index (χ4v) is 1.97. The van der Waals surface area contributed by atoms with E-state index in [1.165, 1.54) is 13.3 Å². The summed E-state index contributed by atoms with van der Waals surface area (Å²) in [6, 6.07) is 2.92. The second kappa shape index (κ2) is 7.51. The molecule has 0 aliphatic rings. The highest BCUT2D eigenvalue weighted by atomic mass is 16.5. The molecule has 2 aromatic rings. The highest BCUT2D eigenvalue weighted by molar-refractivity contribution is 5.94. The SMILES string of the molecule is COCCn1cnnc1C(C)NC(=O)c1ccnc(OC)c1. The Morgan fingerprint density at radius 1 is 1.45 bits per heavy atom. The lowest BCUT2D eigenvalue weighted by Crippen LogP contribution is -2.29. The molecule has 1 unspecified atom stereocenters. The zero-order valence-electron chi connectivity index (χ0n) is 12.8. The van der Waals surface area contributed by atoms with Crippen LogP contribution in [0.5, 0.6) is 5.88 Å². The van der Waals surface area contributed by atoms with Crippen molar-refractivity contribution in [1.82, 2.24) is 25.1 Å². The lowest BCUT2D eigenvalue weighted by molar-refractivity contribution is 0.0936. The minimum Gasteiger partial charge on any atom is -0.481 e. The van der Waals surface area contributed by atoms with E-state index < -0.39 is 0 Å². The van der Waals surface area contributed by atoms with Crippen molar-refractivity contribution in [1.29, 1.82) is 0 Å². The fraction of sp³-hybridized carbons (Fsp3) is 0.429. The summed E-state index contributed by atoms with van der Waals surface area (Å²) < 4.78 is 11.9. The van der Waals surface area contributed by atoms with Crippen molar-refractivity contribution >= 4 is 5.91 Å². The number of nitrogens with one attached hydrogen (secondary N) is 1. The third-order valence-corrected chi connectivity index (χ3v) is 3.12. The van der Waals surface area contributed by atoms with E-state index in [0.717, 1.165) is 0 Å². The first-order valence-electron chi connectivity index (χ1n) is 6.83. The standard InChI is InChI=1S/C14H19N5O3/c1-10(13-18-16-9-19(13)6-7-21-2)17-14(20)11-4-5-15-12(8-11)22-3/h4-5,8-10H,6-7H2,1-3H3,(H,17,20). The molecule has 0 saturated heterocycles. The van der Waals surface area contributed by atoms with Gasteiger partial charge in [0.2, 0.25) is 5.88 Å². The van der Waals surface area contributed by atoms with Crippen molar-refractivity contribution in [2.24, 2.45) is 0 Å². The van der Waals surface area contributed by atoms with Crippen molar-refractivity contribution in [2.45, 2.75) is 19.5 Å². The van der Waals surface area contributed by atoms with Gasteiger partial charge in [-0.3, -0.25) is 4.79 Å². The Kier molecular flexibility index (Phi) is 5.42. The molecule has 8 nitrogen and oxygen atoms in total. The monoisotopic (exact) mass is 305 g/mol. The molecule has 0 aliphatic heterocycles. The number of aromatic nitrogens is 4.